The van der Waals surface area contributed by atoms with Crippen LogP contribution in [0.15, 0.2) is 82.6 Å². The van der Waals surface area contributed by atoms with E-state index in [2.05, 4.69) is 30.8 Å². The predicted octanol–water partition coefficient (Wildman–Crippen LogP) is 4.99. The third-order valence-corrected chi connectivity index (χ3v) is 5.71. The Bertz CT molecular complexity index is 616. The lowest BCUT2D eigenvalue weighted by molar-refractivity contribution is -0.132. The lowest BCUT2D eigenvalue weighted by Crippen LogP contribution is -2.20. The molecule has 0 radical (unpaired) electrons. The Morgan fingerprint density at radius 3 is 1.88 bits per heavy atom. The molecule has 0 saturated carbocycles. The molecule has 0 fully saturated rings. The van der Waals surface area contributed by atoms with Gasteiger partial charge in [0, 0.05) is 33.3 Å². The van der Waals surface area contributed by atoms with Crippen LogP contribution >= 0.6 is 23.5 Å². The summed E-state index contributed by atoms with van der Waals surface area (Å²) in [5, 5.41) is 8.89. The Balaban J connectivity index is 1.85. The lowest BCUT2D eigenvalue weighted by atomic mass is 10.2. The van der Waals surface area contributed by atoms with Gasteiger partial charge in [-0.05, 0) is 24.3 Å². The average molecular weight is 375 g/mol. The Kier molecular flexibility index (Phi) is 8.66. The van der Waals surface area contributed by atoms with Gasteiger partial charge in [0.05, 0.1) is 12.7 Å². The molecule has 25 heavy (non-hydrogen) atoms. The molecule has 2 aromatic rings. The summed E-state index contributed by atoms with van der Waals surface area (Å²) in [6.07, 6.45) is 0.384. The zero-order valence-corrected chi connectivity index (χ0v) is 15.6. The maximum atomic E-state index is 10.8. The first kappa shape index (κ1) is 19.6. The zero-order chi connectivity index (χ0) is 17.9. The number of hydrogen-bond acceptors (Lipinski definition) is 4. The van der Waals surface area contributed by atoms with E-state index in [1.165, 1.54) is 9.79 Å². The third-order valence-electron chi connectivity index (χ3n) is 3.42. The van der Waals surface area contributed by atoms with Crippen molar-refractivity contribution in [3.63, 3.8) is 0 Å². The number of rotatable bonds is 11. The second-order valence-corrected chi connectivity index (χ2v) is 7.59. The number of carboxylic acids is 1. The summed E-state index contributed by atoms with van der Waals surface area (Å²) in [5.41, 5.74) is 0.185. The van der Waals surface area contributed by atoms with Crippen LogP contribution in [-0.2, 0) is 9.53 Å². The molecule has 0 heterocycles. The zero-order valence-electron chi connectivity index (χ0n) is 14.0. The fourth-order valence-electron chi connectivity index (χ4n) is 2.01. The van der Waals surface area contributed by atoms with E-state index >= 15 is 0 Å². The maximum absolute atomic E-state index is 10.8. The van der Waals surface area contributed by atoms with Gasteiger partial charge in [-0.2, -0.15) is 0 Å². The van der Waals surface area contributed by atoms with Gasteiger partial charge in [0.15, 0.2) is 0 Å². The molecule has 0 amide bonds. The summed E-state index contributed by atoms with van der Waals surface area (Å²) in [6, 6.07) is 20.4. The molecule has 2 aromatic carbocycles. The van der Waals surface area contributed by atoms with Crippen molar-refractivity contribution in [1.29, 1.82) is 0 Å². The molecule has 0 aliphatic heterocycles. The van der Waals surface area contributed by atoms with E-state index in [0.717, 1.165) is 11.5 Å². The van der Waals surface area contributed by atoms with Crippen LogP contribution in [0.4, 0.5) is 0 Å². The Hall–Kier alpha value is -1.69. The molecule has 0 spiro atoms. The van der Waals surface area contributed by atoms with Gasteiger partial charge in [0.1, 0.15) is 0 Å². The molecular weight excluding hydrogens is 352 g/mol. The van der Waals surface area contributed by atoms with Crippen LogP contribution in [0.25, 0.3) is 0 Å². The van der Waals surface area contributed by atoms with Crippen LogP contribution in [0.1, 0.15) is 6.42 Å². The summed E-state index contributed by atoms with van der Waals surface area (Å²) in [5.74, 6) is 0.685. The summed E-state index contributed by atoms with van der Waals surface area (Å²) in [7, 11) is 0. The first-order chi connectivity index (χ1) is 12.1. The summed E-state index contributed by atoms with van der Waals surface area (Å²) in [6.45, 7) is 3.92. The van der Waals surface area contributed by atoms with E-state index in [4.69, 9.17) is 9.84 Å². The molecule has 0 saturated heterocycles. The Morgan fingerprint density at radius 1 is 0.960 bits per heavy atom. The Labute approximate surface area is 157 Å². The Morgan fingerprint density at radius 2 is 1.44 bits per heavy atom. The van der Waals surface area contributed by atoms with E-state index in [1.54, 1.807) is 23.5 Å². The normalized spacial score (nSPS) is 10.8. The summed E-state index contributed by atoms with van der Waals surface area (Å²) in [4.78, 5) is 13.2. The maximum Gasteiger partial charge on any atom is 0.331 e. The molecular formula is C20H22O3S2. The molecule has 0 aliphatic carbocycles. The monoisotopic (exact) mass is 374 g/mol. The first-order valence-corrected chi connectivity index (χ1v) is 10.0. The second kappa shape index (κ2) is 11.0. The number of carbonyl (C=O) groups is 1. The quantitative estimate of drug-likeness (QED) is 0.444. The van der Waals surface area contributed by atoms with Crippen LogP contribution in [-0.4, -0.2) is 35.3 Å². The number of carboxylic acid groups (broad SMARTS) is 1. The molecule has 0 unspecified atom stereocenters. The number of benzene rings is 2. The van der Waals surface area contributed by atoms with Crippen molar-refractivity contribution in [3.05, 3.63) is 72.8 Å². The van der Waals surface area contributed by atoms with Gasteiger partial charge in [-0.3, -0.25) is 0 Å². The van der Waals surface area contributed by atoms with Crippen molar-refractivity contribution < 1.29 is 14.6 Å². The van der Waals surface area contributed by atoms with Crippen molar-refractivity contribution >= 4 is 29.5 Å². The standard InChI is InChI=1S/C20H22O3S2/c1-16(20(21)22)12-13-23-17(14-24-18-8-4-2-5-9-18)15-25-19-10-6-3-7-11-19/h2-11,17H,1,12-15H2,(H,21,22). The van der Waals surface area contributed by atoms with Gasteiger partial charge in [-0.25, -0.2) is 4.79 Å². The van der Waals surface area contributed by atoms with Crippen LogP contribution in [0.5, 0.6) is 0 Å². The van der Waals surface area contributed by atoms with Gasteiger partial charge in [-0.15, -0.1) is 23.5 Å². The van der Waals surface area contributed by atoms with Gasteiger partial charge in [-0.1, -0.05) is 43.0 Å². The smallest absolute Gasteiger partial charge is 0.331 e. The van der Waals surface area contributed by atoms with Crippen LogP contribution < -0.4 is 0 Å². The minimum atomic E-state index is -0.961. The largest absolute Gasteiger partial charge is 0.478 e. The number of thioether (sulfide) groups is 2. The highest BCUT2D eigenvalue weighted by atomic mass is 32.2. The van der Waals surface area contributed by atoms with E-state index in [0.29, 0.717) is 13.0 Å². The van der Waals surface area contributed by atoms with Crippen molar-refractivity contribution in [2.75, 3.05) is 18.1 Å². The van der Waals surface area contributed by atoms with Gasteiger partial charge >= 0.3 is 5.97 Å². The first-order valence-electron chi connectivity index (χ1n) is 8.03. The highest BCUT2D eigenvalue weighted by Gasteiger charge is 2.12. The topological polar surface area (TPSA) is 46.5 Å². The summed E-state index contributed by atoms with van der Waals surface area (Å²) >= 11 is 3.50. The van der Waals surface area contributed by atoms with Gasteiger partial charge < -0.3 is 9.84 Å². The number of hydrogen-bond donors (Lipinski definition) is 1. The minimum Gasteiger partial charge on any atom is -0.478 e. The van der Waals surface area contributed by atoms with E-state index in [9.17, 15) is 4.79 Å². The number of aliphatic carboxylic acids is 1. The molecule has 0 atom stereocenters. The molecule has 0 bridgehead atoms. The molecule has 1 N–H and O–H groups in total. The van der Waals surface area contributed by atoms with Crippen LogP contribution in [0.3, 0.4) is 0 Å². The second-order valence-electron chi connectivity index (χ2n) is 5.40. The third kappa shape index (κ3) is 7.82. The highest BCUT2D eigenvalue weighted by Crippen LogP contribution is 2.24. The van der Waals surface area contributed by atoms with E-state index in [1.807, 2.05) is 36.4 Å². The van der Waals surface area contributed by atoms with E-state index < -0.39 is 5.97 Å². The van der Waals surface area contributed by atoms with Gasteiger partial charge in [0.25, 0.3) is 0 Å². The van der Waals surface area contributed by atoms with Crippen LogP contribution in [0, 0.1) is 0 Å². The van der Waals surface area contributed by atoms with Crippen LogP contribution in [0.2, 0.25) is 0 Å². The van der Waals surface area contributed by atoms with Crippen molar-refractivity contribution in [3.8, 4) is 0 Å². The highest BCUT2D eigenvalue weighted by molar-refractivity contribution is 8.00. The van der Waals surface area contributed by atoms with Crippen molar-refractivity contribution in [1.82, 2.24) is 0 Å². The van der Waals surface area contributed by atoms with Crippen molar-refractivity contribution in [2.45, 2.75) is 22.3 Å². The fourth-order valence-corrected chi connectivity index (χ4v) is 4.05. The van der Waals surface area contributed by atoms with Crippen molar-refractivity contribution in [2.24, 2.45) is 0 Å². The summed E-state index contributed by atoms with van der Waals surface area (Å²) < 4.78 is 5.94. The van der Waals surface area contributed by atoms with E-state index in [-0.39, 0.29) is 11.7 Å². The molecule has 0 aliphatic rings. The minimum absolute atomic E-state index is 0.0389. The SMILES string of the molecule is C=C(CCOC(CSc1ccccc1)CSc1ccccc1)C(=O)O. The predicted molar refractivity (Wildman–Crippen MR) is 105 cm³/mol. The lowest BCUT2D eigenvalue weighted by Gasteiger charge is -2.17. The molecule has 0 aromatic heterocycles. The average Bonchev–Trinajstić information content (AvgIpc) is 2.65. The molecule has 5 heteroatoms. The number of ether oxygens (including phenoxy) is 1. The fraction of sp³-hybridized carbons (Fsp3) is 0.250. The molecule has 3 nitrogen and oxygen atoms in total. The molecule has 132 valence electrons. The van der Waals surface area contributed by atoms with Gasteiger partial charge in [0.2, 0.25) is 0 Å². The molecule has 2 rings (SSSR count).